The molecule has 1 amide bonds. The zero-order chi connectivity index (χ0) is 21.2. The summed E-state index contributed by atoms with van der Waals surface area (Å²) in [5, 5.41) is 2.96. The zero-order valence-electron chi connectivity index (χ0n) is 19.7. The van der Waals surface area contributed by atoms with Crippen LogP contribution in [0.25, 0.3) is 0 Å². The van der Waals surface area contributed by atoms with Gasteiger partial charge >= 0.3 is 0 Å². The highest BCUT2D eigenvalue weighted by Gasteiger charge is 2.35. The highest BCUT2D eigenvalue weighted by atomic mass is 16.1. The summed E-state index contributed by atoms with van der Waals surface area (Å²) in [4.78, 5) is 16.0. The highest BCUT2D eigenvalue weighted by molar-refractivity contribution is 5.77. The molecule has 0 spiro atoms. The van der Waals surface area contributed by atoms with E-state index in [4.69, 9.17) is 4.99 Å². The molecule has 0 aromatic heterocycles. The van der Waals surface area contributed by atoms with E-state index in [1.165, 1.54) is 82.9 Å². The minimum absolute atomic E-state index is 0.0689. The number of rotatable bonds is 18. The van der Waals surface area contributed by atoms with Crippen molar-refractivity contribution in [1.29, 1.82) is 0 Å². The molecule has 0 radical (unpaired) electrons. The summed E-state index contributed by atoms with van der Waals surface area (Å²) in [5.74, 6) is 1.45. The number of amidine groups is 1. The van der Waals surface area contributed by atoms with Crippen molar-refractivity contribution in [1.82, 2.24) is 5.32 Å². The Labute approximate surface area is 180 Å². The van der Waals surface area contributed by atoms with Crippen molar-refractivity contribution in [2.45, 2.75) is 104 Å². The molecular formula is C25H48N3O+. The van der Waals surface area contributed by atoms with E-state index in [0.29, 0.717) is 0 Å². The maximum atomic E-state index is 11.2. The molecule has 1 rings (SSSR count). The average molecular weight is 407 g/mol. The molecule has 1 aliphatic rings. The molecule has 0 aliphatic carbocycles. The van der Waals surface area contributed by atoms with Crippen molar-refractivity contribution in [3.63, 3.8) is 0 Å². The number of carbonyl (C=O) groups excluding carboxylic acids is 1. The Hall–Kier alpha value is -1.16. The molecule has 0 saturated heterocycles. The molecule has 4 heteroatoms. The molecule has 1 N–H and O–H groups in total. The van der Waals surface area contributed by atoms with Gasteiger partial charge in [0.25, 0.3) is 0 Å². The molecule has 1 heterocycles. The molecule has 1 unspecified atom stereocenters. The van der Waals surface area contributed by atoms with Gasteiger partial charge in [-0.15, -0.1) is 0 Å². The van der Waals surface area contributed by atoms with Crippen molar-refractivity contribution in [2.24, 2.45) is 4.99 Å². The maximum absolute atomic E-state index is 11.2. The third kappa shape index (κ3) is 11.6. The zero-order valence-corrected chi connectivity index (χ0v) is 19.7. The van der Waals surface area contributed by atoms with Gasteiger partial charge in [0, 0.05) is 13.3 Å². The molecule has 0 fully saturated rings. The van der Waals surface area contributed by atoms with Gasteiger partial charge in [-0.3, -0.25) is 9.28 Å². The molecule has 29 heavy (non-hydrogen) atoms. The van der Waals surface area contributed by atoms with Crippen LogP contribution in [0.2, 0.25) is 0 Å². The number of hydrogen-bond acceptors (Lipinski definition) is 2. The van der Waals surface area contributed by atoms with Gasteiger partial charge in [-0.25, -0.2) is 4.99 Å². The van der Waals surface area contributed by atoms with Crippen LogP contribution in [-0.4, -0.2) is 48.9 Å². The summed E-state index contributed by atoms with van der Waals surface area (Å²) in [5.41, 5.74) is 0. The molecule has 0 aromatic rings. The number of nitrogens with one attached hydrogen (secondary N) is 1. The average Bonchev–Trinajstić information content (AvgIpc) is 3.11. The van der Waals surface area contributed by atoms with Gasteiger partial charge in [-0.2, -0.15) is 0 Å². The first-order chi connectivity index (χ1) is 14.1. The van der Waals surface area contributed by atoms with Gasteiger partial charge < -0.3 is 5.32 Å². The van der Waals surface area contributed by atoms with Gasteiger partial charge in [0.1, 0.15) is 13.1 Å². The van der Waals surface area contributed by atoms with E-state index in [0.717, 1.165) is 43.6 Å². The van der Waals surface area contributed by atoms with Crippen LogP contribution in [0.5, 0.6) is 0 Å². The maximum Gasteiger partial charge on any atom is 0.217 e. The van der Waals surface area contributed by atoms with Crippen LogP contribution < -0.4 is 5.32 Å². The van der Waals surface area contributed by atoms with Crippen molar-refractivity contribution in [3.05, 3.63) is 12.2 Å². The number of allylic oxidation sites excluding steroid dienone is 2. The van der Waals surface area contributed by atoms with E-state index in [9.17, 15) is 4.79 Å². The largest absolute Gasteiger partial charge is 0.351 e. The molecule has 1 atom stereocenters. The lowest BCUT2D eigenvalue weighted by Gasteiger charge is -2.33. The Bertz CT molecular complexity index is 486. The number of carbonyl (C=O) groups is 1. The van der Waals surface area contributed by atoms with E-state index in [-0.39, 0.29) is 5.91 Å². The summed E-state index contributed by atoms with van der Waals surface area (Å²) in [6, 6.07) is 0. The molecule has 0 bridgehead atoms. The van der Waals surface area contributed by atoms with Crippen LogP contribution in [0.4, 0.5) is 0 Å². The van der Waals surface area contributed by atoms with Crippen LogP contribution in [0, 0.1) is 0 Å². The van der Waals surface area contributed by atoms with E-state index < -0.39 is 0 Å². The number of likely N-dealkylation sites (N-methyl/N-ethyl adjacent to an activating group) is 1. The molecule has 0 aromatic carbocycles. The van der Waals surface area contributed by atoms with E-state index >= 15 is 0 Å². The summed E-state index contributed by atoms with van der Waals surface area (Å²) < 4.78 is 0.991. The third-order valence-corrected chi connectivity index (χ3v) is 6.30. The quantitative estimate of drug-likeness (QED) is 0.169. The van der Waals surface area contributed by atoms with E-state index in [1.807, 2.05) is 0 Å². The number of hydrogen-bond donors (Lipinski definition) is 1. The SMILES string of the molecule is CCCCCC/C=C/CCCCCCCCC1=NCC[N+]1(CC)CCNC(C)=O. The fourth-order valence-electron chi connectivity index (χ4n) is 4.33. The first kappa shape index (κ1) is 25.9. The van der Waals surface area contributed by atoms with Gasteiger partial charge in [0.05, 0.1) is 19.6 Å². The standard InChI is InChI=1S/C25H47N3O/c1-4-6-7-8-9-10-11-12-13-14-15-16-17-18-19-25-27-21-23-28(25,5-2)22-20-26-24(3)29/h10-11H,4-9,12-23H2,1-3H3/p+1/b11-10+. The lowest BCUT2D eigenvalue weighted by atomic mass is 10.1. The summed E-state index contributed by atoms with van der Waals surface area (Å²) >= 11 is 0. The first-order valence-corrected chi connectivity index (χ1v) is 12.4. The van der Waals surface area contributed by atoms with E-state index in [1.54, 1.807) is 6.92 Å². The van der Waals surface area contributed by atoms with Crippen molar-refractivity contribution < 1.29 is 9.28 Å². The van der Waals surface area contributed by atoms with Crippen LogP contribution >= 0.6 is 0 Å². The molecular weight excluding hydrogens is 358 g/mol. The monoisotopic (exact) mass is 406 g/mol. The van der Waals surface area contributed by atoms with Gasteiger partial charge in [0.2, 0.25) is 5.91 Å². The fraction of sp³-hybridized carbons (Fsp3) is 0.840. The Kier molecular flexibility index (Phi) is 14.8. The Morgan fingerprint density at radius 1 is 0.966 bits per heavy atom. The first-order valence-electron chi connectivity index (χ1n) is 12.4. The van der Waals surface area contributed by atoms with Gasteiger partial charge in [0.15, 0.2) is 5.84 Å². The Balaban J connectivity index is 2.04. The number of aliphatic imine (C=N–C) groups is 1. The van der Waals surface area contributed by atoms with Gasteiger partial charge in [-0.05, 0) is 39.0 Å². The van der Waals surface area contributed by atoms with Crippen LogP contribution in [0.15, 0.2) is 17.1 Å². The van der Waals surface area contributed by atoms with Gasteiger partial charge in [-0.1, -0.05) is 64.0 Å². The van der Waals surface area contributed by atoms with Crippen molar-refractivity contribution in [2.75, 3.05) is 32.7 Å². The summed E-state index contributed by atoms with van der Waals surface area (Å²) in [6.45, 7) is 11.0. The highest BCUT2D eigenvalue weighted by Crippen LogP contribution is 2.20. The summed E-state index contributed by atoms with van der Waals surface area (Å²) in [7, 11) is 0. The minimum Gasteiger partial charge on any atom is -0.351 e. The Morgan fingerprint density at radius 2 is 1.59 bits per heavy atom. The molecule has 4 nitrogen and oxygen atoms in total. The van der Waals surface area contributed by atoms with Crippen LogP contribution in [-0.2, 0) is 4.79 Å². The van der Waals surface area contributed by atoms with Crippen molar-refractivity contribution >= 4 is 11.7 Å². The predicted octanol–water partition coefficient (Wildman–Crippen LogP) is 6.02. The normalized spacial score (nSPS) is 19.1. The minimum atomic E-state index is 0.0689. The second-order valence-electron chi connectivity index (χ2n) is 8.67. The number of amides is 1. The Morgan fingerprint density at radius 3 is 2.21 bits per heavy atom. The number of unbranched alkanes of at least 4 members (excludes halogenated alkanes) is 10. The summed E-state index contributed by atoms with van der Waals surface area (Å²) in [6.07, 6.45) is 21.9. The molecule has 1 aliphatic heterocycles. The topological polar surface area (TPSA) is 41.5 Å². The second kappa shape index (κ2) is 16.6. The van der Waals surface area contributed by atoms with Crippen LogP contribution in [0.3, 0.4) is 0 Å². The third-order valence-electron chi connectivity index (χ3n) is 6.30. The van der Waals surface area contributed by atoms with E-state index in [2.05, 4.69) is 31.3 Å². The molecule has 168 valence electrons. The lowest BCUT2D eigenvalue weighted by Crippen LogP contribution is -2.54. The fourth-order valence-corrected chi connectivity index (χ4v) is 4.33. The molecule has 0 saturated carbocycles. The van der Waals surface area contributed by atoms with Crippen LogP contribution in [0.1, 0.15) is 104 Å². The smallest absolute Gasteiger partial charge is 0.217 e. The second-order valence-corrected chi connectivity index (χ2v) is 8.67. The lowest BCUT2D eigenvalue weighted by molar-refractivity contribution is -0.833. The van der Waals surface area contributed by atoms with Crippen molar-refractivity contribution in [3.8, 4) is 0 Å². The predicted molar refractivity (Wildman–Crippen MR) is 126 cm³/mol. The number of nitrogens with zero attached hydrogens (tertiary/aromatic N) is 2. The number of quaternary nitrogens is 1.